The number of nitrogens with two attached hydrogens (primary N) is 2. The Kier molecular flexibility index (Phi) is 12.1. The van der Waals surface area contributed by atoms with E-state index in [1.807, 2.05) is 36.9 Å². The van der Waals surface area contributed by atoms with Crippen molar-refractivity contribution in [1.82, 2.24) is 21.0 Å². The van der Waals surface area contributed by atoms with Crippen LogP contribution in [0.15, 0.2) is 60.7 Å². The van der Waals surface area contributed by atoms with Crippen LogP contribution in [0.4, 0.5) is 5.69 Å². The van der Waals surface area contributed by atoms with Crippen molar-refractivity contribution in [2.24, 2.45) is 17.5 Å². The molecule has 1 aromatic heterocycles. The van der Waals surface area contributed by atoms with E-state index in [4.69, 9.17) is 11.6 Å². The first-order valence-electron chi connectivity index (χ1n) is 12.4. The van der Waals surface area contributed by atoms with Crippen LogP contribution in [-0.2, 0) is 27.2 Å². The van der Waals surface area contributed by atoms with Crippen molar-refractivity contribution in [3.05, 3.63) is 71.8 Å². The van der Waals surface area contributed by atoms with Crippen molar-refractivity contribution in [3.63, 3.8) is 0 Å². The highest BCUT2D eigenvalue weighted by Crippen LogP contribution is 2.38. The van der Waals surface area contributed by atoms with Crippen molar-refractivity contribution in [3.8, 4) is 0 Å². The Morgan fingerprint density at radius 1 is 1.19 bits per heavy atom. The summed E-state index contributed by atoms with van der Waals surface area (Å²) in [5, 5.41) is 5.32. The van der Waals surface area contributed by atoms with Gasteiger partial charge in [0.1, 0.15) is 6.04 Å². The Morgan fingerprint density at radius 3 is 2.46 bits per heavy atom. The van der Waals surface area contributed by atoms with Gasteiger partial charge in [-0.3, -0.25) is 25.2 Å². The Bertz CT molecular complexity index is 1020. The number of nitrogens with one attached hydrogen (secondary N) is 3. The summed E-state index contributed by atoms with van der Waals surface area (Å²) in [6, 6.07) is 11.8. The summed E-state index contributed by atoms with van der Waals surface area (Å²) in [5.41, 5.74) is 11.6. The summed E-state index contributed by atoms with van der Waals surface area (Å²) in [6.45, 7) is 6.42. The van der Waals surface area contributed by atoms with E-state index in [0.717, 1.165) is 18.5 Å². The van der Waals surface area contributed by atoms with Crippen LogP contribution in [0.3, 0.4) is 0 Å². The molecule has 2 aromatic rings. The lowest BCUT2D eigenvalue weighted by atomic mass is 10.0. The van der Waals surface area contributed by atoms with Gasteiger partial charge in [0.25, 0.3) is 0 Å². The molecule has 0 saturated carbocycles. The maximum atomic E-state index is 12.9. The number of aryl methyl sites for hydroxylation is 1. The zero-order valence-electron chi connectivity index (χ0n) is 21.8. The molecule has 0 saturated heterocycles. The number of amides is 3. The lowest BCUT2D eigenvalue weighted by Gasteiger charge is -2.26. The number of hydrogen-bond donors (Lipinski definition) is 5. The van der Waals surface area contributed by atoms with Gasteiger partial charge in [0.2, 0.25) is 18.2 Å². The van der Waals surface area contributed by atoms with Gasteiger partial charge < -0.3 is 26.7 Å². The van der Waals surface area contributed by atoms with Crippen molar-refractivity contribution >= 4 is 23.9 Å². The number of rotatable bonds is 7. The Balaban J connectivity index is 0.000000263. The van der Waals surface area contributed by atoms with Crippen LogP contribution in [0.25, 0.3) is 0 Å². The topological polar surface area (TPSA) is 155 Å². The molecule has 2 atom stereocenters. The zero-order chi connectivity index (χ0) is 27.2. The zero-order valence-corrected chi connectivity index (χ0v) is 21.8. The number of hydrogen-bond acceptors (Lipinski definition) is 7. The van der Waals surface area contributed by atoms with Gasteiger partial charge in [-0.2, -0.15) is 0 Å². The molecule has 0 fully saturated rings. The molecule has 1 aromatic carbocycles. The van der Waals surface area contributed by atoms with Gasteiger partial charge >= 0.3 is 0 Å². The summed E-state index contributed by atoms with van der Waals surface area (Å²) in [6.07, 6.45) is 8.36. The molecule has 0 bridgehead atoms. The molecule has 3 heterocycles. The molecule has 10 nitrogen and oxygen atoms in total. The third-order valence-electron chi connectivity index (χ3n) is 5.79. The third-order valence-corrected chi connectivity index (χ3v) is 5.79. The lowest BCUT2D eigenvalue weighted by Crippen LogP contribution is -2.49. The summed E-state index contributed by atoms with van der Waals surface area (Å²) >= 11 is 0. The monoisotopic (exact) mass is 509 g/mol. The highest BCUT2D eigenvalue weighted by molar-refractivity contribution is 6.02. The van der Waals surface area contributed by atoms with Crippen LogP contribution in [0, 0.1) is 5.92 Å². The first kappa shape index (κ1) is 29.3. The Morgan fingerprint density at radius 2 is 1.89 bits per heavy atom. The number of anilines is 1. The van der Waals surface area contributed by atoms with E-state index < -0.39 is 6.04 Å². The van der Waals surface area contributed by atoms with Gasteiger partial charge in [-0.1, -0.05) is 38.1 Å². The van der Waals surface area contributed by atoms with Gasteiger partial charge in [0.05, 0.1) is 12.2 Å². The highest BCUT2D eigenvalue weighted by Gasteiger charge is 2.38. The first-order chi connectivity index (χ1) is 17.8. The predicted octanol–water partition coefficient (Wildman–Crippen LogP) is 1.52. The average molecular weight is 510 g/mol. The fourth-order valence-electron chi connectivity index (χ4n) is 4.26. The number of aromatic nitrogens is 1. The number of pyridine rings is 1. The Hall–Kier alpha value is -3.92. The standard InChI is InChI=1S/C18H24N2O2.C5H5N.C4H10N4O/c1-11(2)9-16(21)19-15-8-7-13-5-4-6-14-10-12(3)20(17(13)14)18(15)22;1-2-4-6-5-3-1;5-4(2-8-6)1-7-3-9/h4-6,11-12,15H,7-10H2,1-3H3,(H,19,21);1-5H;2-3,8H,1,5-6H2,(H,7,9)/b;;4-2-. The number of para-hydroxylation sites is 1. The van der Waals surface area contributed by atoms with Crippen LogP contribution in [0.1, 0.15) is 44.7 Å². The molecule has 2 unspecified atom stereocenters. The van der Waals surface area contributed by atoms with Crippen LogP contribution in [0.5, 0.6) is 0 Å². The molecule has 0 aliphatic carbocycles. The number of benzene rings is 1. The fourth-order valence-corrected chi connectivity index (χ4v) is 4.26. The minimum Gasteiger partial charge on any atom is -0.399 e. The molecule has 0 radical (unpaired) electrons. The number of nitrogens with zero attached hydrogens (tertiary/aromatic N) is 2. The molecule has 4 rings (SSSR count). The smallest absolute Gasteiger partial charge is 0.249 e. The van der Waals surface area contributed by atoms with E-state index >= 15 is 0 Å². The molecule has 7 N–H and O–H groups in total. The molecule has 2 aliphatic rings. The number of carbonyl (C=O) groups excluding carboxylic acids is 3. The molecule has 37 heavy (non-hydrogen) atoms. The third kappa shape index (κ3) is 9.23. The summed E-state index contributed by atoms with van der Waals surface area (Å²) in [4.78, 5) is 40.3. The van der Waals surface area contributed by atoms with E-state index in [-0.39, 0.29) is 17.9 Å². The van der Waals surface area contributed by atoms with Crippen molar-refractivity contribution in [2.75, 3.05) is 11.4 Å². The summed E-state index contributed by atoms with van der Waals surface area (Å²) in [7, 11) is 0. The van der Waals surface area contributed by atoms with Crippen molar-refractivity contribution < 1.29 is 14.4 Å². The number of carbonyl (C=O) groups is 3. The van der Waals surface area contributed by atoms with E-state index in [0.29, 0.717) is 37.4 Å². The maximum Gasteiger partial charge on any atom is 0.249 e. The van der Waals surface area contributed by atoms with Gasteiger partial charge in [-0.05, 0) is 55.4 Å². The van der Waals surface area contributed by atoms with Crippen LogP contribution in [-0.4, -0.2) is 41.8 Å². The predicted molar refractivity (Wildman–Crippen MR) is 145 cm³/mol. The molecule has 200 valence electrons. The number of hydrazine groups is 1. The first-order valence-corrected chi connectivity index (χ1v) is 12.4. The molecule has 3 amide bonds. The minimum atomic E-state index is -0.396. The second-order valence-corrected chi connectivity index (χ2v) is 9.35. The van der Waals surface area contributed by atoms with E-state index in [9.17, 15) is 14.4 Å². The van der Waals surface area contributed by atoms with Gasteiger partial charge in [0.15, 0.2) is 0 Å². The maximum absolute atomic E-state index is 12.9. The van der Waals surface area contributed by atoms with E-state index in [1.165, 1.54) is 17.3 Å². The van der Waals surface area contributed by atoms with Gasteiger partial charge in [-0.25, -0.2) is 0 Å². The minimum absolute atomic E-state index is 0.0219. The van der Waals surface area contributed by atoms with Crippen molar-refractivity contribution in [2.45, 2.75) is 58.5 Å². The van der Waals surface area contributed by atoms with Crippen LogP contribution >= 0.6 is 0 Å². The van der Waals surface area contributed by atoms with Gasteiger partial charge in [-0.15, -0.1) is 0 Å². The van der Waals surface area contributed by atoms with Gasteiger partial charge in [0, 0.05) is 36.8 Å². The van der Waals surface area contributed by atoms with E-state index in [2.05, 4.69) is 46.2 Å². The second-order valence-electron chi connectivity index (χ2n) is 9.35. The fraction of sp³-hybridized carbons (Fsp3) is 0.407. The highest BCUT2D eigenvalue weighted by atomic mass is 16.2. The molecule has 0 spiro atoms. The second kappa shape index (κ2) is 15.2. The SMILES string of the molecule is CC(C)CC(=O)NC1CCc2cccc3c2N(C1=O)C(C)C3.NN/C=C(\N)CNC=O.c1ccncc1. The van der Waals surface area contributed by atoms with Crippen LogP contribution < -0.4 is 32.5 Å². The largest absolute Gasteiger partial charge is 0.399 e. The molecular weight excluding hydrogens is 470 g/mol. The molecule has 10 heteroatoms. The van der Waals surface area contributed by atoms with Crippen molar-refractivity contribution in [1.29, 1.82) is 0 Å². The summed E-state index contributed by atoms with van der Waals surface area (Å²) < 4.78 is 0. The summed E-state index contributed by atoms with van der Waals surface area (Å²) in [5.74, 6) is 5.21. The molecule has 2 aliphatic heterocycles. The normalized spacial score (nSPS) is 17.8. The molecular formula is C27H39N7O3. The Labute approximate surface area is 218 Å². The van der Waals surface area contributed by atoms with E-state index in [1.54, 1.807) is 12.4 Å². The lowest BCUT2D eigenvalue weighted by molar-refractivity contribution is -0.128. The average Bonchev–Trinajstić information content (AvgIpc) is 3.15. The van der Waals surface area contributed by atoms with Crippen LogP contribution in [0.2, 0.25) is 0 Å². The quantitative estimate of drug-likeness (QED) is 0.215.